The van der Waals surface area contributed by atoms with Crippen molar-refractivity contribution in [3.63, 3.8) is 0 Å². The zero-order chi connectivity index (χ0) is 22.6. The van der Waals surface area contributed by atoms with E-state index in [9.17, 15) is 4.79 Å². The molecule has 0 fully saturated rings. The fourth-order valence-electron chi connectivity index (χ4n) is 4.46. The number of hydrogen-bond donors (Lipinski definition) is 1. The molecule has 1 N–H and O–H groups in total. The molecule has 0 aliphatic carbocycles. The Balaban J connectivity index is 1.14. The lowest BCUT2D eigenvalue weighted by Gasteiger charge is -2.24. The SMILES string of the molecule is C[C@H](Cc1ccc2c(c1)OCO2)CN1CCc2nnc(CNC(=O)c3ccccn3)n2CC1. The second kappa shape index (κ2) is 9.58. The highest BCUT2D eigenvalue weighted by atomic mass is 16.7. The minimum Gasteiger partial charge on any atom is -0.454 e. The molecule has 1 amide bonds. The van der Waals surface area contributed by atoms with Crippen LogP contribution in [0.4, 0.5) is 0 Å². The summed E-state index contributed by atoms with van der Waals surface area (Å²) in [4.78, 5) is 18.9. The first-order valence-corrected chi connectivity index (χ1v) is 11.4. The van der Waals surface area contributed by atoms with Gasteiger partial charge in [0.15, 0.2) is 17.3 Å². The van der Waals surface area contributed by atoms with Gasteiger partial charge in [-0.25, -0.2) is 0 Å². The highest BCUT2D eigenvalue weighted by Crippen LogP contribution is 2.33. The summed E-state index contributed by atoms with van der Waals surface area (Å²) in [7, 11) is 0. The van der Waals surface area contributed by atoms with Gasteiger partial charge in [-0.1, -0.05) is 19.1 Å². The van der Waals surface area contributed by atoms with E-state index in [0.29, 0.717) is 24.9 Å². The minimum absolute atomic E-state index is 0.208. The van der Waals surface area contributed by atoms with Crippen molar-refractivity contribution in [2.75, 3.05) is 26.4 Å². The Morgan fingerprint density at radius 1 is 1.12 bits per heavy atom. The van der Waals surface area contributed by atoms with E-state index in [-0.39, 0.29) is 5.91 Å². The standard InChI is InChI=1S/C24H28N6O3/c1-17(12-18-5-6-20-21(13-18)33-16-32-20)15-29-9-7-22-27-28-23(30(22)11-10-29)14-26-24(31)19-4-2-3-8-25-19/h2-6,8,13,17H,7,9-12,14-16H2,1H3,(H,26,31)/t17-/m1/s1. The van der Waals surface area contributed by atoms with Gasteiger partial charge in [-0.15, -0.1) is 10.2 Å². The molecule has 33 heavy (non-hydrogen) atoms. The van der Waals surface area contributed by atoms with Gasteiger partial charge in [0.1, 0.15) is 11.5 Å². The molecule has 9 heteroatoms. The van der Waals surface area contributed by atoms with E-state index in [2.05, 4.69) is 49.0 Å². The Morgan fingerprint density at radius 2 is 2.03 bits per heavy atom. The molecule has 5 rings (SSSR count). The van der Waals surface area contributed by atoms with Crippen LogP contribution in [0.5, 0.6) is 11.5 Å². The van der Waals surface area contributed by atoms with Gasteiger partial charge >= 0.3 is 0 Å². The number of nitrogens with one attached hydrogen (secondary N) is 1. The summed E-state index contributed by atoms with van der Waals surface area (Å²) in [5.74, 6) is 3.73. The highest BCUT2D eigenvalue weighted by molar-refractivity contribution is 5.92. The highest BCUT2D eigenvalue weighted by Gasteiger charge is 2.21. The molecular formula is C24H28N6O3. The van der Waals surface area contributed by atoms with Crippen LogP contribution < -0.4 is 14.8 Å². The van der Waals surface area contributed by atoms with Crippen molar-refractivity contribution in [2.45, 2.75) is 32.9 Å². The van der Waals surface area contributed by atoms with Crippen molar-refractivity contribution in [3.05, 3.63) is 65.5 Å². The molecule has 3 aromatic rings. The number of hydrogen-bond acceptors (Lipinski definition) is 7. The van der Waals surface area contributed by atoms with E-state index in [1.165, 1.54) is 5.56 Å². The predicted octanol–water partition coefficient (Wildman–Crippen LogP) is 2.07. The van der Waals surface area contributed by atoms with Crippen LogP contribution in [-0.4, -0.2) is 57.0 Å². The first-order valence-electron chi connectivity index (χ1n) is 11.4. The molecule has 0 saturated carbocycles. The Bertz CT molecular complexity index is 1120. The number of ether oxygens (including phenoxy) is 2. The molecule has 0 unspecified atom stereocenters. The summed E-state index contributed by atoms with van der Waals surface area (Å²) < 4.78 is 13.1. The zero-order valence-corrected chi connectivity index (χ0v) is 18.7. The maximum Gasteiger partial charge on any atom is 0.270 e. The number of benzene rings is 1. The van der Waals surface area contributed by atoms with E-state index in [1.807, 2.05) is 6.07 Å². The third kappa shape index (κ3) is 4.98. The maximum atomic E-state index is 12.3. The number of carbonyl (C=O) groups excluding carboxylic acids is 1. The van der Waals surface area contributed by atoms with Crippen LogP contribution in [0.25, 0.3) is 0 Å². The molecule has 2 aromatic heterocycles. The Labute approximate surface area is 192 Å². The second-order valence-corrected chi connectivity index (χ2v) is 8.63. The van der Waals surface area contributed by atoms with Crippen molar-refractivity contribution in [3.8, 4) is 11.5 Å². The summed E-state index contributed by atoms with van der Waals surface area (Å²) in [6.45, 7) is 6.63. The van der Waals surface area contributed by atoms with Gasteiger partial charge in [0.25, 0.3) is 5.91 Å². The van der Waals surface area contributed by atoms with Gasteiger partial charge in [-0.05, 0) is 42.2 Å². The molecule has 0 saturated heterocycles. The molecular weight excluding hydrogens is 420 g/mol. The second-order valence-electron chi connectivity index (χ2n) is 8.63. The molecule has 1 atom stereocenters. The topological polar surface area (TPSA) is 94.4 Å². The molecule has 4 heterocycles. The first kappa shape index (κ1) is 21.4. The normalized spacial score (nSPS) is 16.2. The van der Waals surface area contributed by atoms with Gasteiger partial charge < -0.3 is 24.3 Å². The number of pyridine rings is 1. The predicted molar refractivity (Wildman–Crippen MR) is 121 cm³/mol. The molecule has 0 radical (unpaired) electrons. The molecule has 0 bridgehead atoms. The number of fused-ring (bicyclic) bond motifs is 2. The first-order chi connectivity index (χ1) is 16.2. The van der Waals surface area contributed by atoms with Gasteiger partial charge in [0.05, 0.1) is 6.54 Å². The average molecular weight is 449 g/mol. The van der Waals surface area contributed by atoms with Crippen LogP contribution >= 0.6 is 0 Å². The van der Waals surface area contributed by atoms with Crippen LogP contribution in [0.3, 0.4) is 0 Å². The van der Waals surface area contributed by atoms with Crippen LogP contribution in [0, 0.1) is 5.92 Å². The summed E-state index contributed by atoms with van der Waals surface area (Å²) in [5.41, 5.74) is 1.67. The Morgan fingerprint density at radius 3 is 2.91 bits per heavy atom. The fraction of sp³-hybridized carbons (Fsp3) is 0.417. The van der Waals surface area contributed by atoms with Gasteiger partial charge in [-0.3, -0.25) is 9.78 Å². The smallest absolute Gasteiger partial charge is 0.270 e. The summed E-state index contributed by atoms with van der Waals surface area (Å²) in [5, 5.41) is 11.6. The number of aromatic nitrogens is 4. The quantitative estimate of drug-likeness (QED) is 0.591. The molecule has 1 aromatic carbocycles. The van der Waals surface area contributed by atoms with Gasteiger partial charge in [-0.2, -0.15) is 0 Å². The number of amides is 1. The molecule has 9 nitrogen and oxygen atoms in total. The lowest BCUT2D eigenvalue weighted by Crippen LogP contribution is -2.32. The van der Waals surface area contributed by atoms with E-state index < -0.39 is 0 Å². The fourth-order valence-corrected chi connectivity index (χ4v) is 4.46. The van der Waals surface area contributed by atoms with Gasteiger partial charge in [0, 0.05) is 38.8 Å². The van der Waals surface area contributed by atoms with E-state index in [4.69, 9.17) is 9.47 Å². The summed E-state index contributed by atoms with van der Waals surface area (Å²) >= 11 is 0. The van der Waals surface area contributed by atoms with Crippen molar-refractivity contribution >= 4 is 5.91 Å². The van der Waals surface area contributed by atoms with Crippen LogP contribution in [0.2, 0.25) is 0 Å². The number of carbonyl (C=O) groups is 1. The van der Waals surface area contributed by atoms with Crippen LogP contribution in [-0.2, 0) is 25.9 Å². The minimum atomic E-state index is -0.208. The average Bonchev–Trinajstić information content (AvgIpc) is 3.41. The molecule has 0 spiro atoms. The number of rotatable bonds is 7. The molecule has 172 valence electrons. The Kier molecular flexibility index (Phi) is 6.21. The lowest BCUT2D eigenvalue weighted by atomic mass is 10.00. The van der Waals surface area contributed by atoms with E-state index >= 15 is 0 Å². The summed E-state index contributed by atoms with van der Waals surface area (Å²) in [6, 6.07) is 11.5. The third-order valence-corrected chi connectivity index (χ3v) is 6.09. The van der Waals surface area contributed by atoms with Crippen LogP contribution in [0.15, 0.2) is 42.6 Å². The summed E-state index contributed by atoms with van der Waals surface area (Å²) in [6.07, 6.45) is 3.45. The zero-order valence-electron chi connectivity index (χ0n) is 18.7. The largest absolute Gasteiger partial charge is 0.454 e. The van der Waals surface area contributed by atoms with Gasteiger partial charge in [0.2, 0.25) is 6.79 Å². The number of nitrogens with zero attached hydrogens (tertiary/aromatic N) is 5. The van der Waals surface area contributed by atoms with E-state index in [1.54, 1.807) is 24.4 Å². The van der Waals surface area contributed by atoms with Crippen molar-refractivity contribution in [2.24, 2.45) is 5.92 Å². The maximum absolute atomic E-state index is 12.3. The third-order valence-electron chi connectivity index (χ3n) is 6.09. The van der Waals surface area contributed by atoms with Crippen molar-refractivity contribution in [1.82, 2.24) is 30.0 Å². The monoisotopic (exact) mass is 448 g/mol. The molecule has 2 aliphatic heterocycles. The van der Waals surface area contributed by atoms with Crippen LogP contribution in [0.1, 0.15) is 34.6 Å². The van der Waals surface area contributed by atoms with Crippen molar-refractivity contribution in [1.29, 1.82) is 0 Å². The van der Waals surface area contributed by atoms with E-state index in [0.717, 1.165) is 62.2 Å². The molecule has 2 aliphatic rings. The van der Waals surface area contributed by atoms with Crippen molar-refractivity contribution < 1.29 is 14.3 Å². The Hall–Kier alpha value is -3.46. The lowest BCUT2D eigenvalue weighted by molar-refractivity contribution is 0.0944.